The Hall–Kier alpha value is -1.19. The van der Waals surface area contributed by atoms with Gasteiger partial charge in [0.2, 0.25) is 0 Å². The van der Waals surface area contributed by atoms with Crippen LogP contribution in [0.2, 0.25) is 0 Å². The first-order chi connectivity index (χ1) is 9.79. The zero-order valence-electron chi connectivity index (χ0n) is 11.9. The minimum absolute atomic E-state index is 0.140. The maximum atomic E-state index is 13.4. The standard InChI is InChI=1S/C17H22FNS/c1-2-10-19-13-15(8-9-17-7-4-11-20-17)14-5-3-6-16(18)12-14/h3-7,11-12,15,19H,2,8-10,13H2,1H3. The molecule has 1 heterocycles. The molecule has 108 valence electrons. The van der Waals surface area contributed by atoms with E-state index in [0.29, 0.717) is 5.92 Å². The van der Waals surface area contributed by atoms with Crippen molar-refractivity contribution in [3.63, 3.8) is 0 Å². The van der Waals surface area contributed by atoms with Crippen LogP contribution in [0.15, 0.2) is 41.8 Å². The van der Waals surface area contributed by atoms with Crippen molar-refractivity contribution in [2.45, 2.75) is 32.1 Å². The second-order valence-corrected chi connectivity index (χ2v) is 6.11. The zero-order valence-corrected chi connectivity index (χ0v) is 12.8. The molecule has 1 nitrogen and oxygen atoms in total. The van der Waals surface area contributed by atoms with Crippen molar-refractivity contribution in [2.75, 3.05) is 13.1 Å². The van der Waals surface area contributed by atoms with Crippen LogP contribution in [-0.4, -0.2) is 13.1 Å². The number of halogens is 1. The molecule has 0 bridgehead atoms. The Bertz CT molecular complexity index is 495. The van der Waals surface area contributed by atoms with Crippen LogP contribution in [-0.2, 0) is 6.42 Å². The third-order valence-electron chi connectivity index (χ3n) is 3.46. The number of aryl methyl sites for hydroxylation is 1. The van der Waals surface area contributed by atoms with Gasteiger partial charge in [-0.05, 0) is 60.9 Å². The van der Waals surface area contributed by atoms with Crippen molar-refractivity contribution in [1.29, 1.82) is 0 Å². The summed E-state index contributed by atoms with van der Waals surface area (Å²) in [7, 11) is 0. The van der Waals surface area contributed by atoms with E-state index < -0.39 is 0 Å². The van der Waals surface area contributed by atoms with Gasteiger partial charge in [-0.25, -0.2) is 4.39 Å². The van der Waals surface area contributed by atoms with Crippen molar-refractivity contribution < 1.29 is 4.39 Å². The molecule has 0 radical (unpaired) electrons. The minimum atomic E-state index is -0.140. The first kappa shape index (κ1) is 15.2. The summed E-state index contributed by atoms with van der Waals surface area (Å²) in [4.78, 5) is 1.40. The fraction of sp³-hybridized carbons (Fsp3) is 0.412. The Balaban J connectivity index is 1.99. The molecule has 1 unspecified atom stereocenters. The van der Waals surface area contributed by atoms with Crippen LogP contribution in [0, 0.1) is 5.82 Å². The highest BCUT2D eigenvalue weighted by atomic mass is 32.1. The maximum Gasteiger partial charge on any atom is 0.123 e. The van der Waals surface area contributed by atoms with Crippen LogP contribution in [0.4, 0.5) is 4.39 Å². The lowest BCUT2D eigenvalue weighted by atomic mass is 9.93. The average Bonchev–Trinajstić information content (AvgIpc) is 2.96. The lowest BCUT2D eigenvalue weighted by Gasteiger charge is -2.18. The molecule has 1 N–H and O–H groups in total. The molecule has 0 saturated carbocycles. The van der Waals surface area contributed by atoms with Crippen LogP contribution >= 0.6 is 11.3 Å². The number of rotatable bonds is 8. The van der Waals surface area contributed by atoms with Crippen LogP contribution in [0.3, 0.4) is 0 Å². The van der Waals surface area contributed by atoms with Crippen LogP contribution in [0.25, 0.3) is 0 Å². The quantitative estimate of drug-likeness (QED) is 0.701. The number of nitrogens with one attached hydrogen (secondary N) is 1. The van der Waals surface area contributed by atoms with Crippen LogP contribution < -0.4 is 5.32 Å². The SMILES string of the molecule is CCCNCC(CCc1cccs1)c1cccc(F)c1. The van der Waals surface area contributed by atoms with Gasteiger partial charge >= 0.3 is 0 Å². The maximum absolute atomic E-state index is 13.4. The molecule has 0 aliphatic rings. The van der Waals surface area contributed by atoms with Gasteiger partial charge in [-0.3, -0.25) is 0 Å². The highest BCUT2D eigenvalue weighted by Gasteiger charge is 2.12. The molecule has 2 aromatic rings. The molecular weight excluding hydrogens is 269 g/mol. The molecule has 3 heteroatoms. The third-order valence-corrected chi connectivity index (χ3v) is 4.39. The van der Waals surface area contributed by atoms with E-state index in [4.69, 9.17) is 0 Å². The molecule has 0 saturated heterocycles. The fourth-order valence-corrected chi connectivity index (χ4v) is 3.10. The molecule has 0 fully saturated rings. The molecule has 1 aromatic heterocycles. The second kappa shape index (κ2) is 8.18. The zero-order chi connectivity index (χ0) is 14.2. The molecule has 1 aromatic carbocycles. The number of hydrogen-bond donors (Lipinski definition) is 1. The van der Waals surface area contributed by atoms with Gasteiger partial charge in [0, 0.05) is 11.4 Å². The van der Waals surface area contributed by atoms with Crippen molar-refractivity contribution in [3.05, 3.63) is 58.0 Å². The predicted octanol–water partition coefficient (Wildman–Crippen LogP) is 4.60. The van der Waals surface area contributed by atoms with E-state index in [1.54, 1.807) is 17.4 Å². The van der Waals surface area contributed by atoms with Gasteiger partial charge in [0.1, 0.15) is 5.82 Å². The Morgan fingerprint density at radius 2 is 2.15 bits per heavy atom. The highest BCUT2D eigenvalue weighted by Crippen LogP contribution is 2.23. The molecule has 1 atom stereocenters. The van der Waals surface area contributed by atoms with Gasteiger partial charge in [0.15, 0.2) is 0 Å². The first-order valence-corrected chi connectivity index (χ1v) is 8.16. The summed E-state index contributed by atoms with van der Waals surface area (Å²) < 4.78 is 13.4. The van der Waals surface area contributed by atoms with Crippen molar-refractivity contribution in [2.24, 2.45) is 0 Å². The third kappa shape index (κ3) is 4.73. The van der Waals surface area contributed by atoms with E-state index in [9.17, 15) is 4.39 Å². The first-order valence-electron chi connectivity index (χ1n) is 7.28. The predicted molar refractivity (Wildman–Crippen MR) is 84.9 cm³/mol. The van der Waals surface area contributed by atoms with Crippen molar-refractivity contribution >= 4 is 11.3 Å². The Labute approximate surface area is 124 Å². The lowest BCUT2D eigenvalue weighted by Crippen LogP contribution is -2.22. The summed E-state index contributed by atoms with van der Waals surface area (Å²) in [6.07, 6.45) is 3.24. The van der Waals surface area contributed by atoms with Gasteiger partial charge in [-0.1, -0.05) is 25.1 Å². The largest absolute Gasteiger partial charge is 0.316 e. The number of benzene rings is 1. The van der Waals surface area contributed by atoms with Crippen LogP contribution in [0.5, 0.6) is 0 Å². The smallest absolute Gasteiger partial charge is 0.123 e. The van der Waals surface area contributed by atoms with Gasteiger partial charge < -0.3 is 5.32 Å². The molecule has 0 aliphatic carbocycles. The van der Waals surface area contributed by atoms with E-state index in [0.717, 1.165) is 37.9 Å². The summed E-state index contributed by atoms with van der Waals surface area (Å²) in [5, 5.41) is 5.58. The second-order valence-electron chi connectivity index (χ2n) is 5.07. The van der Waals surface area contributed by atoms with Gasteiger partial charge in [0.25, 0.3) is 0 Å². The summed E-state index contributed by atoms with van der Waals surface area (Å²) in [5.41, 5.74) is 1.10. The molecular formula is C17H22FNS. The molecule has 2 rings (SSSR count). The summed E-state index contributed by atoms with van der Waals surface area (Å²) >= 11 is 1.80. The van der Waals surface area contributed by atoms with Gasteiger partial charge in [-0.2, -0.15) is 0 Å². The molecule has 20 heavy (non-hydrogen) atoms. The summed E-state index contributed by atoms with van der Waals surface area (Å²) in [6, 6.07) is 11.3. The van der Waals surface area contributed by atoms with E-state index in [2.05, 4.69) is 29.8 Å². The van der Waals surface area contributed by atoms with Crippen molar-refractivity contribution in [3.8, 4) is 0 Å². The van der Waals surface area contributed by atoms with Gasteiger partial charge in [-0.15, -0.1) is 11.3 Å². The van der Waals surface area contributed by atoms with Crippen LogP contribution in [0.1, 0.15) is 36.1 Å². The van der Waals surface area contributed by atoms with Gasteiger partial charge in [0.05, 0.1) is 0 Å². The van der Waals surface area contributed by atoms with Crippen molar-refractivity contribution in [1.82, 2.24) is 5.32 Å². The summed E-state index contributed by atoms with van der Waals surface area (Å²) in [5.74, 6) is 0.235. The Morgan fingerprint density at radius 1 is 1.25 bits per heavy atom. The van der Waals surface area contributed by atoms with E-state index in [-0.39, 0.29) is 5.82 Å². The molecule has 0 amide bonds. The monoisotopic (exact) mass is 291 g/mol. The van der Waals surface area contributed by atoms with E-state index in [1.807, 2.05) is 12.1 Å². The Morgan fingerprint density at radius 3 is 2.85 bits per heavy atom. The lowest BCUT2D eigenvalue weighted by molar-refractivity contribution is 0.545. The normalized spacial score (nSPS) is 12.5. The molecule has 0 spiro atoms. The topological polar surface area (TPSA) is 12.0 Å². The highest BCUT2D eigenvalue weighted by molar-refractivity contribution is 7.09. The fourth-order valence-electron chi connectivity index (χ4n) is 2.37. The van der Waals surface area contributed by atoms with E-state index in [1.165, 1.54) is 10.9 Å². The number of hydrogen-bond acceptors (Lipinski definition) is 2. The Kier molecular flexibility index (Phi) is 6.22. The average molecular weight is 291 g/mol. The van der Waals surface area contributed by atoms with E-state index >= 15 is 0 Å². The molecule has 0 aliphatic heterocycles. The minimum Gasteiger partial charge on any atom is -0.316 e. The summed E-state index contributed by atoms with van der Waals surface area (Å²) in [6.45, 7) is 4.10. The number of thiophene rings is 1.